The lowest BCUT2D eigenvalue weighted by atomic mass is 10.0. The monoisotopic (exact) mass is 590 g/mol. The van der Waals surface area contributed by atoms with Gasteiger partial charge in [-0.1, -0.05) is 88.9 Å². The fraction of sp³-hybridized carbons (Fsp3) is 0.286. The van der Waals surface area contributed by atoms with Crippen LogP contribution < -0.4 is 10.1 Å². The van der Waals surface area contributed by atoms with Crippen molar-refractivity contribution in [1.82, 2.24) is 10.2 Å². The van der Waals surface area contributed by atoms with E-state index < -0.39 is 6.04 Å². The highest BCUT2D eigenvalue weighted by atomic mass is 79.9. The Morgan fingerprint density at radius 3 is 2.28 bits per heavy atom. The highest BCUT2D eigenvalue weighted by Crippen LogP contribution is 2.27. The summed E-state index contributed by atoms with van der Waals surface area (Å²) in [4.78, 5) is 28.5. The lowest BCUT2D eigenvalue weighted by molar-refractivity contribution is -0.142. The molecule has 8 heteroatoms. The zero-order valence-electron chi connectivity index (χ0n) is 20.1. The third-order valence-corrected chi connectivity index (χ3v) is 6.90. The van der Waals surface area contributed by atoms with Gasteiger partial charge in [0, 0.05) is 39.6 Å². The molecule has 36 heavy (non-hydrogen) atoms. The largest absolute Gasteiger partial charge is 0.484 e. The summed E-state index contributed by atoms with van der Waals surface area (Å²) >= 11 is 16.3. The summed E-state index contributed by atoms with van der Waals surface area (Å²) in [6, 6.07) is 21.2. The van der Waals surface area contributed by atoms with Gasteiger partial charge in [-0.25, -0.2) is 0 Å². The molecule has 0 unspecified atom stereocenters. The highest BCUT2D eigenvalue weighted by molar-refractivity contribution is 9.10. The van der Waals surface area contributed by atoms with Crippen molar-refractivity contribution in [2.24, 2.45) is 0 Å². The minimum absolute atomic E-state index is 0.0692. The summed E-state index contributed by atoms with van der Waals surface area (Å²) in [5.74, 6) is -0.0257. The molecule has 3 aromatic carbocycles. The molecule has 0 heterocycles. The third-order valence-electron chi connectivity index (χ3n) is 5.67. The number of halogens is 3. The highest BCUT2D eigenvalue weighted by Gasteiger charge is 2.31. The Labute approximate surface area is 230 Å². The van der Waals surface area contributed by atoms with Gasteiger partial charge in [-0.05, 0) is 48.4 Å². The molecule has 3 rings (SSSR count). The van der Waals surface area contributed by atoms with Crippen molar-refractivity contribution in [3.05, 3.63) is 98.4 Å². The van der Waals surface area contributed by atoms with E-state index in [-0.39, 0.29) is 25.0 Å². The Morgan fingerprint density at radius 2 is 1.64 bits per heavy atom. The van der Waals surface area contributed by atoms with Crippen LogP contribution in [0.1, 0.15) is 30.9 Å². The molecule has 0 spiro atoms. The van der Waals surface area contributed by atoms with Crippen LogP contribution in [0.3, 0.4) is 0 Å². The van der Waals surface area contributed by atoms with E-state index in [9.17, 15) is 9.59 Å². The first kappa shape index (κ1) is 28.0. The van der Waals surface area contributed by atoms with E-state index in [0.717, 1.165) is 22.9 Å². The van der Waals surface area contributed by atoms with Crippen molar-refractivity contribution in [2.75, 3.05) is 13.2 Å². The molecule has 2 amide bonds. The topological polar surface area (TPSA) is 58.6 Å². The molecule has 0 saturated carbocycles. The van der Waals surface area contributed by atoms with Crippen molar-refractivity contribution in [2.45, 2.75) is 38.8 Å². The summed E-state index contributed by atoms with van der Waals surface area (Å²) in [5.41, 5.74) is 1.52. The number of amides is 2. The molecule has 0 aliphatic rings. The minimum atomic E-state index is -0.780. The van der Waals surface area contributed by atoms with Gasteiger partial charge in [0.2, 0.25) is 5.91 Å². The van der Waals surface area contributed by atoms with Crippen LogP contribution in [-0.4, -0.2) is 35.9 Å². The van der Waals surface area contributed by atoms with Crippen LogP contribution in [0.5, 0.6) is 5.75 Å². The molecule has 0 aliphatic carbocycles. The molecular weight excluding hydrogens is 563 g/mol. The molecule has 190 valence electrons. The fourth-order valence-electron chi connectivity index (χ4n) is 3.67. The summed E-state index contributed by atoms with van der Waals surface area (Å²) in [7, 11) is 0. The van der Waals surface area contributed by atoms with E-state index in [1.807, 2.05) is 42.5 Å². The van der Waals surface area contributed by atoms with Gasteiger partial charge in [0.05, 0.1) is 0 Å². The first-order chi connectivity index (χ1) is 17.4. The van der Waals surface area contributed by atoms with E-state index in [4.69, 9.17) is 27.9 Å². The Morgan fingerprint density at radius 1 is 0.972 bits per heavy atom. The maximum atomic E-state index is 13.6. The predicted molar refractivity (Wildman–Crippen MR) is 149 cm³/mol. The van der Waals surface area contributed by atoms with Crippen LogP contribution >= 0.6 is 39.1 Å². The zero-order chi connectivity index (χ0) is 25.9. The van der Waals surface area contributed by atoms with Crippen LogP contribution in [0.15, 0.2) is 77.3 Å². The van der Waals surface area contributed by atoms with E-state index >= 15 is 0 Å². The summed E-state index contributed by atoms with van der Waals surface area (Å²) < 4.78 is 6.68. The van der Waals surface area contributed by atoms with Crippen molar-refractivity contribution in [1.29, 1.82) is 0 Å². The van der Waals surface area contributed by atoms with Crippen LogP contribution in [0, 0.1) is 0 Å². The Kier molecular flexibility index (Phi) is 11.1. The molecule has 0 bridgehead atoms. The molecule has 1 N–H and O–H groups in total. The van der Waals surface area contributed by atoms with Gasteiger partial charge >= 0.3 is 0 Å². The van der Waals surface area contributed by atoms with E-state index in [1.165, 1.54) is 4.90 Å². The Bertz CT molecular complexity index is 1120. The minimum Gasteiger partial charge on any atom is -0.484 e. The van der Waals surface area contributed by atoms with E-state index in [2.05, 4.69) is 28.2 Å². The molecule has 3 aromatic rings. The number of ether oxygens (including phenoxy) is 1. The van der Waals surface area contributed by atoms with Crippen molar-refractivity contribution in [3.8, 4) is 5.75 Å². The number of benzene rings is 3. The smallest absolute Gasteiger partial charge is 0.261 e. The zero-order valence-corrected chi connectivity index (χ0v) is 23.2. The molecule has 0 fully saturated rings. The van der Waals surface area contributed by atoms with E-state index in [0.29, 0.717) is 34.3 Å². The lowest BCUT2D eigenvalue weighted by Gasteiger charge is -2.32. The molecular formula is C28H29BrCl2N2O3. The maximum Gasteiger partial charge on any atom is 0.261 e. The molecule has 5 nitrogen and oxygen atoms in total. The maximum absolute atomic E-state index is 13.6. The van der Waals surface area contributed by atoms with Gasteiger partial charge in [-0.2, -0.15) is 0 Å². The first-order valence-corrected chi connectivity index (χ1v) is 13.4. The summed E-state index contributed by atoms with van der Waals surface area (Å²) in [6.45, 7) is 2.42. The second-order valence-corrected chi connectivity index (χ2v) is 10.0. The summed E-state index contributed by atoms with van der Waals surface area (Å²) in [6.07, 6.45) is 2.13. The second kappa shape index (κ2) is 14.3. The lowest BCUT2D eigenvalue weighted by Crippen LogP contribution is -2.52. The van der Waals surface area contributed by atoms with Crippen LogP contribution in [0.2, 0.25) is 10.0 Å². The average molecular weight is 592 g/mol. The average Bonchev–Trinajstić information content (AvgIpc) is 2.88. The van der Waals surface area contributed by atoms with Crippen LogP contribution in [-0.2, 0) is 22.6 Å². The predicted octanol–water partition coefficient (Wildman–Crippen LogP) is 6.69. The SMILES string of the molecule is CCCCNC(=O)[C@H](Cc1ccccc1)N(Cc1c(Cl)cccc1Cl)C(=O)COc1ccc(Br)cc1. The van der Waals surface area contributed by atoms with Gasteiger partial charge < -0.3 is 15.0 Å². The van der Waals surface area contributed by atoms with Gasteiger partial charge in [0.1, 0.15) is 11.8 Å². The normalized spacial score (nSPS) is 11.6. The van der Waals surface area contributed by atoms with Crippen molar-refractivity contribution in [3.63, 3.8) is 0 Å². The first-order valence-electron chi connectivity index (χ1n) is 11.8. The third kappa shape index (κ3) is 8.26. The standard InChI is InChI=1S/C28H29BrCl2N2O3/c1-2-3-16-32-28(35)26(17-20-8-5-4-6-9-20)33(18-23-24(30)10-7-11-25(23)31)27(34)19-36-22-14-12-21(29)13-15-22/h4-15,26H,2-3,16-19H2,1H3,(H,32,35)/t26-/m0/s1. The number of hydrogen-bond acceptors (Lipinski definition) is 3. The molecule has 0 aromatic heterocycles. The number of rotatable bonds is 12. The van der Waals surface area contributed by atoms with Crippen LogP contribution in [0.4, 0.5) is 0 Å². The van der Waals surface area contributed by atoms with Crippen LogP contribution in [0.25, 0.3) is 0 Å². The van der Waals surface area contributed by atoms with E-state index in [1.54, 1.807) is 30.3 Å². The number of nitrogens with zero attached hydrogens (tertiary/aromatic N) is 1. The Balaban J connectivity index is 1.92. The molecule has 0 saturated heterocycles. The van der Waals surface area contributed by atoms with Gasteiger partial charge in [0.15, 0.2) is 6.61 Å². The quantitative estimate of drug-likeness (QED) is 0.239. The number of carbonyl (C=O) groups excluding carboxylic acids is 2. The van der Waals surface area contributed by atoms with Gasteiger partial charge in [-0.15, -0.1) is 0 Å². The molecule has 0 radical (unpaired) electrons. The number of carbonyl (C=O) groups is 2. The van der Waals surface area contributed by atoms with Crippen molar-refractivity contribution < 1.29 is 14.3 Å². The van der Waals surface area contributed by atoms with Crippen molar-refractivity contribution >= 4 is 50.9 Å². The van der Waals surface area contributed by atoms with Gasteiger partial charge in [0.25, 0.3) is 5.91 Å². The summed E-state index contributed by atoms with van der Waals surface area (Å²) in [5, 5.41) is 3.85. The Hall–Kier alpha value is -2.54. The number of nitrogens with one attached hydrogen (secondary N) is 1. The fourth-order valence-corrected chi connectivity index (χ4v) is 4.45. The second-order valence-electron chi connectivity index (χ2n) is 8.31. The van der Waals surface area contributed by atoms with Gasteiger partial charge in [-0.3, -0.25) is 9.59 Å². The molecule has 1 atom stereocenters. The number of hydrogen-bond donors (Lipinski definition) is 1. The molecule has 0 aliphatic heterocycles. The number of unbranched alkanes of at least 4 members (excludes halogenated alkanes) is 1.